The minimum absolute atomic E-state index is 0.0602. The lowest BCUT2D eigenvalue weighted by Crippen LogP contribution is -2.03. The van der Waals surface area contributed by atoms with E-state index in [1.807, 2.05) is 6.92 Å². The maximum absolute atomic E-state index is 10.8. The number of carbonyl (C=O) groups excluding carboxylic acids is 1. The van der Waals surface area contributed by atoms with Crippen molar-refractivity contribution >= 4 is 5.78 Å². The Balaban J connectivity index is 2.60. The van der Waals surface area contributed by atoms with E-state index in [4.69, 9.17) is 5.11 Å². The van der Waals surface area contributed by atoms with E-state index in [9.17, 15) is 4.79 Å². The van der Waals surface area contributed by atoms with E-state index in [0.717, 1.165) is 6.42 Å². The van der Waals surface area contributed by atoms with Gasteiger partial charge in [-0.25, -0.2) is 0 Å². The lowest BCUT2D eigenvalue weighted by Gasteiger charge is -2.00. The van der Waals surface area contributed by atoms with Gasteiger partial charge in [0.25, 0.3) is 0 Å². The van der Waals surface area contributed by atoms with E-state index in [1.165, 1.54) is 6.08 Å². The summed E-state index contributed by atoms with van der Waals surface area (Å²) in [5.74, 6) is 0.381. The highest BCUT2D eigenvalue weighted by Crippen LogP contribution is 2.21. The van der Waals surface area contributed by atoms with Crippen LogP contribution in [0.3, 0.4) is 0 Å². The second-order valence-corrected chi connectivity index (χ2v) is 2.35. The van der Waals surface area contributed by atoms with E-state index in [0.29, 0.717) is 6.42 Å². The van der Waals surface area contributed by atoms with Gasteiger partial charge < -0.3 is 5.11 Å². The predicted molar refractivity (Wildman–Crippen MR) is 34.1 cm³/mol. The molecule has 0 saturated heterocycles. The van der Waals surface area contributed by atoms with Crippen molar-refractivity contribution in [3.8, 4) is 0 Å². The molecule has 2 heteroatoms. The molecule has 50 valence electrons. The third kappa shape index (κ3) is 1.12. The molecule has 0 aromatic rings. The molecule has 1 unspecified atom stereocenters. The van der Waals surface area contributed by atoms with Crippen LogP contribution in [0.25, 0.3) is 0 Å². The maximum atomic E-state index is 10.8. The fourth-order valence-electron chi connectivity index (χ4n) is 1.04. The van der Waals surface area contributed by atoms with Gasteiger partial charge in [-0.1, -0.05) is 6.92 Å². The van der Waals surface area contributed by atoms with Crippen LogP contribution in [0.15, 0.2) is 11.8 Å². The van der Waals surface area contributed by atoms with Crippen LogP contribution in [0, 0.1) is 5.92 Å². The number of rotatable bonds is 1. The summed E-state index contributed by atoms with van der Waals surface area (Å²) in [5.41, 5.74) is 0. The van der Waals surface area contributed by atoms with Crippen LogP contribution in [0.1, 0.15) is 19.8 Å². The molecule has 2 nitrogen and oxygen atoms in total. The first-order valence-electron chi connectivity index (χ1n) is 3.17. The van der Waals surface area contributed by atoms with Gasteiger partial charge in [-0.15, -0.1) is 0 Å². The topological polar surface area (TPSA) is 37.3 Å². The van der Waals surface area contributed by atoms with Crippen LogP contribution in [0.4, 0.5) is 0 Å². The molecule has 0 aromatic carbocycles. The molecule has 0 aliphatic heterocycles. The van der Waals surface area contributed by atoms with E-state index in [2.05, 4.69) is 0 Å². The fourth-order valence-corrected chi connectivity index (χ4v) is 1.04. The number of hydrogen-bond acceptors (Lipinski definition) is 2. The summed E-state index contributed by atoms with van der Waals surface area (Å²) in [7, 11) is 0. The number of allylic oxidation sites excluding steroid dienone is 2. The highest BCUT2D eigenvalue weighted by atomic mass is 16.3. The van der Waals surface area contributed by atoms with Gasteiger partial charge in [0.2, 0.25) is 0 Å². The van der Waals surface area contributed by atoms with Gasteiger partial charge >= 0.3 is 0 Å². The summed E-state index contributed by atoms with van der Waals surface area (Å²) in [4.78, 5) is 10.8. The van der Waals surface area contributed by atoms with Gasteiger partial charge in [0, 0.05) is 18.4 Å². The van der Waals surface area contributed by atoms with Crippen LogP contribution in [0.5, 0.6) is 0 Å². The summed E-state index contributed by atoms with van der Waals surface area (Å²) < 4.78 is 0. The lowest BCUT2D eigenvalue weighted by atomic mass is 10.0. The monoisotopic (exact) mass is 126 g/mol. The second kappa shape index (κ2) is 2.21. The van der Waals surface area contributed by atoms with Crippen molar-refractivity contribution in [2.75, 3.05) is 0 Å². The first kappa shape index (κ1) is 6.33. The smallest absolute Gasteiger partial charge is 0.162 e. The summed E-state index contributed by atoms with van der Waals surface area (Å²) in [6.07, 6.45) is 2.71. The molecule has 1 atom stereocenters. The normalized spacial score (nSPS) is 26.6. The SMILES string of the molecule is CCC1CC(O)=CC1=O. The van der Waals surface area contributed by atoms with Crippen LogP contribution in [-0.4, -0.2) is 10.9 Å². The molecule has 1 rings (SSSR count). The summed E-state index contributed by atoms with van der Waals surface area (Å²) in [6.45, 7) is 1.95. The molecule has 0 aromatic heterocycles. The van der Waals surface area contributed by atoms with Gasteiger partial charge in [0.1, 0.15) is 0 Å². The Bertz CT molecular complexity index is 158. The molecule has 1 N–H and O–H groups in total. The Morgan fingerprint density at radius 3 is 2.78 bits per heavy atom. The Hall–Kier alpha value is -0.790. The Morgan fingerprint density at radius 1 is 1.89 bits per heavy atom. The average Bonchev–Trinajstić information content (AvgIpc) is 2.10. The molecule has 0 bridgehead atoms. The van der Waals surface area contributed by atoms with Crippen molar-refractivity contribution in [2.24, 2.45) is 5.92 Å². The number of hydrogen-bond donors (Lipinski definition) is 1. The van der Waals surface area contributed by atoms with Crippen molar-refractivity contribution in [1.29, 1.82) is 0 Å². The van der Waals surface area contributed by atoms with Crippen molar-refractivity contribution in [3.05, 3.63) is 11.8 Å². The van der Waals surface area contributed by atoms with Crippen LogP contribution >= 0.6 is 0 Å². The first-order valence-corrected chi connectivity index (χ1v) is 3.17. The minimum atomic E-state index is 0.0602. The molecule has 0 radical (unpaired) electrons. The average molecular weight is 126 g/mol. The summed E-state index contributed by atoms with van der Waals surface area (Å²) in [5, 5.41) is 8.84. The number of ketones is 1. The maximum Gasteiger partial charge on any atom is 0.162 e. The largest absolute Gasteiger partial charge is 0.512 e. The van der Waals surface area contributed by atoms with E-state index < -0.39 is 0 Å². The molecule has 0 spiro atoms. The summed E-state index contributed by atoms with van der Waals surface area (Å²) in [6, 6.07) is 0. The first-order chi connectivity index (χ1) is 4.24. The zero-order chi connectivity index (χ0) is 6.85. The zero-order valence-electron chi connectivity index (χ0n) is 5.42. The Morgan fingerprint density at radius 2 is 2.56 bits per heavy atom. The number of aliphatic hydroxyl groups is 1. The van der Waals surface area contributed by atoms with Crippen molar-refractivity contribution < 1.29 is 9.90 Å². The summed E-state index contributed by atoms with van der Waals surface area (Å²) >= 11 is 0. The molecule has 0 amide bonds. The van der Waals surface area contributed by atoms with Gasteiger partial charge in [-0.3, -0.25) is 4.79 Å². The van der Waals surface area contributed by atoms with Gasteiger partial charge in [-0.2, -0.15) is 0 Å². The van der Waals surface area contributed by atoms with Crippen molar-refractivity contribution in [1.82, 2.24) is 0 Å². The van der Waals surface area contributed by atoms with E-state index in [-0.39, 0.29) is 17.5 Å². The molecule has 9 heavy (non-hydrogen) atoms. The van der Waals surface area contributed by atoms with Crippen LogP contribution < -0.4 is 0 Å². The molecular formula is C7H10O2. The molecule has 0 heterocycles. The van der Waals surface area contributed by atoms with Gasteiger partial charge in [-0.05, 0) is 6.42 Å². The molecular weight excluding hydrogens is 116 g/mol. The number of carbonyl (C=O) groups is 1. The Kier molecular flexibility index (Phi) is 1.56. The minimum Gasteiger partial charge on any atom is -0.512 e. The predicted octanol–water partition coefficient (Wildman–Crippen LogP) is 1.43. The highest BCUT2D eigenvalue weighted by Gasteiger charge is 2.22. The van der Waals surface area contributed by atoms with Crippen LogP contribution in [-0.2, 0) is 4.79 Å². The quantitative estimate of drug-likeness (QED) is 0.577. The third-order valence-corrected chi connectivity index (χ3v) is 1.66. The van der Waals surface area contributed by atoms with Gasteiger partial charge in [0.15, 0.2) is 5.78 Å². The second-order valence-electron chi connectivity index (χ2n) is 2.35. The third-order valence-electron chi connectivity index (χ3n) is 1.66. The fraction of sp³-hybridized carbons (Fsp3) is 0.571. The molecule has 0 fully saturated rings. The highest BCUT2D eigenvalue weighted by molar-refractivity contribution is 5.94. The number of aliphatic hydroxyl groups excluding tert-OH is 1. The van der Waals surface area contributed by atoms with E-state index >= 15 is 0 Å². The Labute approximate surface area is 54.2 Å². The molecule has 1 aliphatic carbocycles. The van der Waals surface area contributed by atoms with Crippen molar-refractivity contribution in [3.63, 3.8) is 0 Å². The molecule has 1 aliphatic rings. The lowest BCUT2D eigenvalue weighted by molar-refractivity contribution is -0.117. The van der Waals surface area contributed by atoms with Gasteiger partial charge in [0.05, 0.1) is 5.76 Å². The standard InChI is InChI=1S/C7H10O2/c1-2-5-3-6(8)4-7(5)9/h4-5,8H,2-3H2,1H3. The van der Waals surface area contributed by atoms with Crippen molar-refractivity contribution in [2.45, 2.75) is 19.8 Å². The van der Waals surface area contributed by atoms with E-state index in [1.54, 1.807) is 0 Å². The molecule has 0 saturated carbocycles. The zero-order valence-corrected chi connectivity index (χ0v) is 5.42. The van der Waals surface area contributed by atoms with Crippen LogP contribution in [0.2, 0.25) is 0 Å².